The van der Waals surface area contributed by atoms with Crippen molar-refractivity contribution in [2.75, 3.05) is 0 Å². The van der Waals surface area contributed by atoms with Crippen LogP contribution in [0.5, 0.6) is 0 Å². The molecule has 0 saturated carbocycles. The van der Waals surface area contributed by atoms with E-state index in [1.54, 1.807) is 0 Å². The molecule has 0 radical (unpaired) electrons. The lowest BCUT2D eigenvalue weighted by atomic mass is 10.0. The van der Waals surface area contributed by atoms with Crippen LogP contribution in [0.2, 0.25) is 0 Å². The molecule has 3 nitrogen and oxygen atoms in total. The molecule has 1 aromatic heterocycles. The number of rotatable bonds is 3. The number of hydrogen-bond acceptors (Lipinski definition) is 3. The van der Waals surface area contributed by atoms with Crippen molar-refractivity contribution in [3.8, 4) is 0 Å². The predicted molar refractivity (Wildman–Crippen MR) is 91.4 cm³/mol. The highest BCUT2D eigenvalue weighted by Crippen LogP contribution is 2.22. The van der Waals surface area contributed by atoms with Crippen molar-refractivity contribution in [3.63, 3.8) is 0 Å². The van der Waals surface area contributed by atoms with Crippen molar-refractivity contribution in [1.29, 1.82) is 0 Å². The fourth-order valence-electron chi connectivity index (χ4n) is 2.56. The fourth-order valence-corrected chi connectivity index (χ4v) is 3.39. The zero-order chi connectivity index (χ0) is 15.7. The van der Waals surface area contributed by atoms with Crippen molar-refractivity contribution in [3.05, 3.63) is 63.6 Å². The topological polar surface area (TPSA) is 42.0 Å². The molecule has 0 aliphatic carbocycles. The number of amides is 1. The van der Waals surface area contributed by atoms with Gasteiger partial charge in [-0.3, -0.25) is 4.79 Å². The molecule has 0 aliphatic heterocycles. The van der Waals surface area contributed by atoms with Gasteiger partial charge < -0.3 is 5.32 Å². The van der Waals surface area contributed by atoms with Gasteiger partial charge in [-0.05, 0) is 43.2 Å². The summed E-state index contributed by atoms with van der Waals surface area (Å²) in [7, 11) is 0. The predicted octanol–water partition coefficient (Wildman–Crippen LogP) is 4.40. The minimum atomic E-state index is -0.0521. The smallest absolute Gasteiger partial charge is 0.263 e. The molecule has 112 valence electrons. The minimum absolute atomic E-state index is 0.0427. The number of fused-ring (bicyclic) bond motifs is 1. The molecule has 22 heavy (non-hydrogen) atoms. The van der Waals surface area contributed by atoms with Crippen LogP contribution >= 0.6 is 11.3 Å². The Labute approximate surface area is 134 Å². The van der Waals surface area contributed by atoms with Gasteiger partial charge >= 0.3 is 0 Å². The van der Waals surface area contributed by atoms with E-state index in [0.29, 0.717) is 4.88 Å². The highest BCUT2D eigenvalue weighted by molar-refractivity contribution is 7.13. The minimum Gasteiger partial charge on any atom is -0.345 e. The first kappa shape index (κ1) is 14.7. The van der Waals surface area contributed by atoms with Gasteiger partial charge in [0.1, 0.15) is 4.88 Å². The van der Waals surface area contributed by atoms with E-state index < -0.39 is 0 Å². The first-order chi connectivity index (χ1) is 10.5. The van der Waals surface area contributed by atoms with Crippen molar-refractivity contribution in [1.82, 2.24) is 10.3 Å². The van der Waals surface area contributed by atoms with Crippen molar-refractivity contribution >= 4 is 28.0 Å². The maximum absolute atomic E-state index is 12.4. The molecule has 0 saturated heterocycles. The Bertz CT molecular complexity index is 838. The second-order valence-electron chi connectivity index (χ2n) is 5.45. The Hall–Kier alpha value is -2.20. The van der Waals surface area contributed by atoms with Crippen LogP contribution in [0, 0.1) is 13.8 Å². The molecule has 3 rings (SSSR count). The normalized spacial score (nSPS) is 12.3. The lowest BCUT2D eigenvalue weighted by Crippen LogP contribution is -2.26. The van der Waals surface area contributed by atoms with Crippen LogP contribution in [0.4, 0.5) is 0 Å². The van der Waals surface area contributed by atoms with Gasteiger partial charge in [0.2, 0.25) is 0 Å². The molecular formula is C18H18N2OS. The third kappa shape index (κ3) is 2.88. The largest absolute Gasteiger partial charge is 0.345 e. The number of carbonyl (C=O) groups excluding carboxylic acids is 1. The Kier molecular flexibility index (Phi) is 3.94. The zero-order valence-electron chi connectivity index (χ0n) is 12.9. The van der Waals surface area contributed by atoms with Gasteiger partial charge in [0.25, 0.3) is 5.91 Å². The van der Waals surface area contributed by atoms with Gasteiger partial charge in [-0.25, -0.2) is 4.98 Å². The summed E-state index contributed by atoms with van der Waals surface area (Å²) in [5.74, 6) is -0.0521. The lowest BCUT2D eigenvalue weighted by molar-refractivity contribution is 0.0943. The summed E-state index contributed by atoms with van der Waals surface area (Å²) in [5, 5.41) is 6.37. The van der Waals surface area contributed by atoms with E-state index in [-0.39, 0.29) is 11.9 Å². The molecule has 3 aromatic rings. The van der Waals surface area contributed by atoms with Gasteiger partial charge in [0.15, 0.2) is 0 Å². The molecule has 0 bridgehead atoms. The summed E-state index contributed by atoms with van der Waals surface area (Å²) >= 11 is 1.44. The van der Waals surface area contributed by atoms with E-state index in [2.05, 4.69) is 40.6 Å². The van der Waals surface area contributed by atoms with E-state index >= 15 is 0 Å². The molecule has 0 aliphatic rings. The third-order valence-electron chi connectivity index (χ3n) is 3.73. The standard InChI is InChI=1S/C18H18N2OS/c1-11(20-18(21)17-12(2)19-13(3)22-17)15-9-8-14-6-4-5-7-16(14)10-15/h4-11H,1-3H3,(H,20,21). The number of benzene rings is 2. The van der Waals surface area contributed by atoms with E-state index in [9.17, 15) is 4.79 Å². The van der Waals surface area contributed by atoms with Crippen LogP contribution in [0.15, 0.2) is 42.5 Å². The summed E-state index contributed by atoms with van der Waals surface area (Å²) < 4.78 is 0. The molecule has 1 N–H and O–H groups in total. The zero-order valence-corrected chi connectivity index (χ0v) is 13.7. The molecule has 2 aromatic carbocycles. The van der Waals surface area contributed by atoms with Crippen LogP contribution in [-0.4, -0.2) is 10.9 Å². The number of aromatic nitrogens is 1. The lowest BCUT2D eigenvalue weighted by Gasteiger charge is -2.14. The molecule has 1 unspecified atom stereocenters. The van der Waals surface area contributed by atoms with Gasteiger partial charge in [-0.15, -0.1) is 11.3 Å². The molecule has 0 spiro atoms. The number of nitrogens with zero attached hydrogens (tertiary/aromatic N) is 1. The number of hydrogen-bond donors (Lipinski definition) is 1. The fraction of sp³-hybridized carbons (Fsp3) is 0.222. The van der Waals surface area contributed by atoms with E-state index in [1.807, 2.05) is 32.9 Å². The molecule has 1 heterocycles. The number of carbonyl (C=O) groups is 1. The van der Waals surface area contributed by atoms with Crippen LogP contribution in [0.1, 0.15) is 38.9 Å². The number of nitrogens with one attached hydrogen (secondary N) is 1. The summed E-state index contributed by atoms with van der Waals surface area (Å²) in [6, 6.07) is 14.5. The van der Waals surface area contributed by atoms with Crippen molar-refractivity contribution in [2.45, 2.75) is 26.8 Å². The Morgan fingerprint density at radius 1 is 1.14 bits per heavy atom. The van der Waals surface area contributed by atoms with Crippen LogP contribution in [0.3, 0.4) is 0 Å². The average molecular weight is 310 g/mol. The first-order valence-corrected chi connectivity index (χ1v) is 8.10. The monoisotopic (exact) mass is 310 g/mol. The van der Waals surface area contributed by atoms with E-state index in [1.165, 1.54) is 22.1 Å². The molecule has 1 atom stereocenters. The van der Waals surface area contributed by atoms with Gasteiger partial charge in [0.05, 0.1) is 16.7 Å². The van der Waals surface area contributed by atoms with Gasteiger partial charge in [-0.1, -0.05) is 36.4 Å². The number of aryl methyl sites for hydroxylation is 2. The SMILES string of the molecule is Cc1nc(C)c(C(=O)NC(C)c2ccc3ccccc3c2)s1. The van der Waals surface area contributed by atoms with Crippen molar-refractivity contribution in [2.24, 2.45) is 0 Å². The summed E-state index contributed by atoms with van der Waals surface area (Å²) in [4.78, 5) is 17.4. The number of thiazole rings is 1. The molecular weight excluding hydrogens is 292 g/mol. The van der Waals surface area contributed by atoms with Crippen molar-refractivity contribution < 1.29 is 4.79 Å². The third-order valence-corrected chi connectivity index (χ3v) is 4.80. The average Bonchev–Trinajstić information content (AvgIpc) is 2.85. The quantitative estimate of drug-likeness (QED) is 0.779. The van der Waals surface area contributed by atoms with E-state index in [0.717, 1.165) is 16.3 Å². The molecule has 1 amide bonds. The Balaban J connectivity index is 1.82. The molecule has 0 fully saturated rings. The summed E-state index contributed by atoms with van der Waals surface area (Å²) in [6.45, 7) is 5.80. The second kappa shape index (κ2) is 5.89. The summed E-state index contributed by atoms with van der Waals surface area (Å²) in [5.41, 5.74) is 1.90. The second-order valence-corrected chi connectivity index (χ2v) is 6.65. The van der Waals surface area contributed by atoms with Crippen LogP contribution in [0.25, 0.3) is 10.8 Å². The Morgan fingerprint density at radius 2 is 1.86 bits per heavy atom. The summed E-state index contributed by atoms with van der Waals surface area (Å²) in [6.07, 6.45) is 0. The highest BCUT2D eigenvalue weighted by atomic mass is 32.1. The van der Waals surface area contributed by atoms with Gasteiger partial charge in [-0.2, -0.15) is 0 Å². The maximum Gasteiger partial charge on any atom is 0.263 e. The van der Waals surface area contributed by atoms with Gasteiger partial charge in [0, 0.05) is 0 Å². The first-order valence-electron chi connectivity index (χ1n) is 7.28. The maximum atomic E-state index is 12.4. The van der Waals surface area contributed by atoms with Crippen LogP contribution in [-0.2, 0) is 0 Å². The van der Waals surface area contributed by atoms with Crippen LogP contribution < -0.4 is 5.32 Å². The van der Waals surface area contributed by atoms with E-state index in [4.69, 9.17) is 0 Å². The Morgan fingerprint density at radius 3 is 2.55 bits per heavy atom. The highest BCUT2D eigenvalue weighted by Gasteiger charge is 2.16. The molecule has 4 heteroatoms.